The van der Waals surface area contributed by atoms with Crippen molar-refractivity contribution in [2.75, 3.05) is 0 Å². The molecule has 0 aliphatic heterocycles. The van der Waals surface area contributed by atoms with Crippen LogP contribution in [0.15, 0.2) is 23.3 Å². The number of nitriles is 1. The van der Waals surface area contributed by atoms with Gasteiger partial charge in [-0.15, -0.1) is 0 Å². The highest BCUT2D eigenvalue weighted by Gasteiger charge is 2.25. The van der Waals surface area contributed by atoms with E-state index in [0.29, 0.717) is 29.9 Å². The number of aliphatic hydroxyl groups excluding tert-OH is 1. The molecule has 18 heavy (non-hydrogen) atoms. The van der Waals surface area contributed by atoms with Gasteiger partial charge in [0.1, 0.15) is 11.8 Å². The Morgan fingerprint density at radius 2 is 2.33 bits per heavy atom. The van der Waals surface area contributed by atoms with Gasteiger partial charge in [0, 0.05) is 6.21 Å². The number of imidazole rings is 1. The van der Waals surface area contributed by atoms with E-state index >= 15 is 0 Å². The van der Waals surface area contributed by atoms with Crippen LogP contribution >= 0.6 is 0 Å². The van der Waals surface area contributed by atoms with Gasteiger partial charge in [0.2, 0.25) is 0 Å². The highest BCUT2D eigenvalue weighted by molar-refractivity contribution is 5.77. The summed E-state index contributed by atoms with van der Waals surface area (Å²) in [7, 11) is 0. The normalized spacial score (nSPS) is 23.1. The Morgan fingerprint density at radius 1 is 1.50 bits per heavy atom. The molecule has 0 aromatic carbocycles. The topological polar surface area (TPSA) is 86.6 Å². The van der Waals surface area contributed by atoms with Crippen molar-refractivity contribution in [3.8, 4) is 6.07 Å². The summed E-state index contributed by atoms with van der Waals surface area (Å²) in [5.74, 6) is 0. The third-order valence-corrected chi connectivity index (χ3v) is 3.00. The first-order chi connectivity index (χ1) is 8.76. The van der Waals surface area contributed by atoms with Crippen LogP contribution in [-0.2, 0) is 0 Å². The second kappa shape index (κ2) is 4.20. The number of rotatable bonds is 2. The number of aliphatic imine (C=N–C) groups is 1. The van der Waals surface area contributed by atoms with E-state index in [4.69, 9.17) is 10.4 Å². The summed E-state index contributed by atoms with van der Waals surface area (Å²) < 4.78 is 1.50. The molecule has 0 unspecified atom stereocenters. The van der Waals surface area contributed by atoms with Gasteiger partial charge in [-0.1, -0.05) is 0 Å². The summed E-state index contributed by atoms with van der Waals surface area (Å²) in [6.45, 7) is 0. The molecule has 1 saturated carbocycles. The van der Waals surface area contributed by atoms with Gasteiger partial charge in [-0.05, 0) is 25.0 Å². The highest BCUT2D eigenvalue weighted by Crippen LogP contribution is 2.22. The van der Waals surface area contributed by atoms with E-state index in [1.807, 2.05) is 12.1 Å². The van der Waals surface area contributed by atoms with Crippen molar-refractivity contribution >= 4 is 11.9 Å². The monoisotopic (exact) mass is 241 g/mol. The molecule has 6 heteroatoms. The first-order valence-corrected chi connectivity index (χ1v) is 5.72. The summed E-state index contributed by atoms with van der Waals surface area (Å²) in [4.78, 5) is 8.40. The first kappa shape index (κ1) is 10.9. The fraction of sp³-hybridized carbons (Fsp3) is 0.333. The summed E-state index contributed by atoms with van der Waals surface area (Å²) in [6.07, 6.45) is 4.39. The van der Waals surface area contributed by atoms with Gasteiger partial charge < -0.3 is 5.11 Å². The van der Waals surface area contributed by atoms with E-state index in [0.717, 1.165) is 0 Å². The van der Waals surface area contributed by atoms with Gasteiger partial charge >= 0.3 is 0 Å². The maximum absolute atomic E-state index is 9.16. The van der Waals surface area contributed by atoms with Crippen molar-refractivity contribution < 1.29 is 5.11 Å². The zero-order chi connectivity index (χ0) is 12.5. The van der Waals surface area contributed by atoms with Gasteiger partial charge in [-0.25, -0.2) is 9.50 Å². The van der Waals surface area contributed by atoms with Gasteiger partial charge in [-0.3, -0.25) is 4.99 Å². The molecule has 3 rings (SSSR count). The number of aromatic nitrogens is 3. The van der Waals surface area contributed by atoms with E-state index in [2.05, 4.69) is 15.1 Å². The largest absolute Gasteiger partial charge is 0.393 e. The minimum Gasteiger partial charge on any atom is -0.393 e. The van der Waals surface area contributed by atoms with Crippen LogP contribution in [0.25, 0.3) is 5.65 Å². The predicted molar refractivity (Wildman–Crippen MR) is 64.3 cm³/mol. The average molecular weight is 241 g/mol. The molecule has 90 valence electrons. The first-order valence-electron chi connectivity index (χ1n) is 5.72. The van der Waals surface area contributed by atoms with Gasteiger partial charge in [0.15, 0.2) is 11.3 Å². The van der Waals surface area contributed by atoms with Crippen LogP contribution in [-0.4, -0.2) is 38.1 Å². The Balaban J connectivity index is 1.86. The van der Waals surface area contributed by atoms with E-state index < -0.39 is 0 Å². The predicted octanol–water partition coefficient (Wildman–Crippen LogP) is 0.543. The van der Waals surface area contributed by atoms with Crippen molar-refractivity contribution in [3.63, 3.8) is 0 Å². The Labute approximate surface area is 103 Å². The molecule has 0 spiro atoms. The number of hydrogen-bond donors (Lipinski definition) is 1. The second-order valence-electron chi connectivity index (χ2n) is 4.34. The van der Waals surface area contributed by atoms with Crippen molar-refractivity contribution in [1.82, 2.24) is 14.6 Å². The minimum absolute atomic E-state index is 0.190. The lowest BCUT2D eigenvalue weighted by atomic mass is 9.90. The smallest absolute Gasteiger partial charge is 0.162 e. The van der Waals surface area contributed by atoms with E-state index in [9.17, 15) is 0 Å². The molecule has 0 amide bonds. The standard InChI is InChI=1S/C12H11N5O/c13-5-10-7-15-12-2-1-8(16-17(10)12)6-14-9-3-11(18)4-9/h1-2,6-7,9,11,18H,3-4H2/b14-6+. The molecule has 2 heterocycles. The van der Waals surface area contributed by atoms with Crippen LogP contribution in [0, 0.1) is 11.3 Å². The molecule has 0 bridgehead atoms. The Kier molecular flexibility index (Phi) is 2.54. The summed E-state index contributed by atoms with van der Waals surface area (Å²) in [6, 6.07) is 5.83. The number of aliphatic hydroxyl groups is 1. The van der Waals surface area contributed by atoms with Crippen molar-refractivity contribution in [3.05, 3.63) is 29.7 Å². The maximum atomic E-state index is 9.16. The highest BCUT2D eigenvalue weighted by atomic mass is 16.3. The van der Waals surface area contributed by atoms with Gasteiger partial charge in [0.25, 0.3) is 0 Å². The second-order valence-corrected chi connectivity index (χ2v) is 4.34. The Morgan fingerprint density at radius 3 is 3.06 bits per heavy atom. The molecular weight excluding hydrogens is 230 g/mol. The van der Waals surface area contributed by atoms with Crippen LogP contribution in [0.4, 0.5) is 0 Å². The van der Waals surface area contributed by atoms with Gasteiger partial charge in [0.05, 0.1) is 18.3 Å². The SMILES string of the molecule is N#Cc1cnc2ccc(/C=N/C3CC(O)C3)nn12. The summed E-state index contributed by atoms with van der Waals surface area (Å²) in [5, 5.41) is 22.3. The van der Waals surface area contributed by atoms with Crippen molar-refractivity contribution in [2.24, 2.45) is 4.99 Å². The molecule has 6 nitrogen and oxygen atoms in total. The number of fused-ring (bicyclic) bond motifs is 1. The van der Waals surface area contributed by atoms with E-state index in [1.54, 1.807) is 12.3 Å². The molecule has 1 aliphatic carbocycles. The lowest BCUT2D eigenvalue weighted by Gasteiger charge is -2.27. The Hall–Kier alpha value is -2.26. The Bertz CT molecular complexity index is 648. The van der Waals surface area contributed by atoms with Crippen LogP contribution in [0.3, 0.4) is 0 Å². The van der Waals surface area contributed by atoms with Crippen LogP contribution in [0.2, 0.25) is 0 Å². The fourth-order valence-corrected chi connectivity index (χ4v) is 1.90. The maximum Gasteiger partial charge on any atom is 0.162 e. The van der Waals surface area contributed by atoms with Crippen molar-refractivity contribution in [1.29, 1.82) is 5.26 Å². The zero-order valence-corrected chi connectivity index (χ0v) is 9.56. The van der Waals surface area contributed by atoms with Crippen LogP contribution < -0.4 is 0 Å². The number of hydrogen-bond acceptors (Lipinski definition) is 5. The molecule has 0 atom stereocenters. The molecule has 1 aliphatic rings. The van der Waals surface area contributed by atoms with Crippen LogP contribution in [0.1, 0.15) is 24.2 Å². The zero-order valence-electron chi connectivity index (χ0n) is 9.56. The lowest BCUT2D eigenvalue weighted by molar-refractivity contribution is 0.0780. The van der Waals surface area contributed by atoms with Gasteiger partial charge in [-0.2, -0.15) is 10.4 Å². The number of nitrogens with zero attached hydrogens (tertiary/aromatic N) is 5. The molecule has 1 fully saturated rings. The average Bonchev–Trinajstić information content (AvgIpc) is 2.75. The quantitative estimate of drug-likeness (QED) is 0.777. The molecule has 2 aromatic rings. The summed E-state index contributed by atoms with van der Waals surface area (Å²) in [5.41, 5.74) is 1.72. The lowest BCUT2D eigenvalue weighted by Crippen LogP contribution is -2.31. The summed E-state index contributed by atoms with van der Waals surface area (Å²) >= 11 is 0. The van der Waals surface area contributed by atoms with Crippen molar-refractivity contribution in [2.45, 2.75) is 25.0 Å². The van der Waals surface area contributed by atoms with E-state index in [-0.39, 0.29) is 12.1 Å². The molecular formula is C12H11N5O. The molecule has 0 saturated heterocycles. The third-order valence-electron chi connectivity index (χ3n) is 3.00. The molecule has 0 radical (unpaired) electrons. The van der Waals surface area contributed by atoms with Crippen LogP contribution in [0.5, 0.6) is 0 Å². The fourth-order valence-electron chi connectivity index (χ4n) is 1.90. The third kappa shape index (κ3) is 1.85. The molecule has 1 N–H and O–H groups in total. The van der Waals surface area contributed by atoms with E-state index in [1.165, 1.54) is 10.7 Å². The molecule has 2 aromatic heterocycles. The minimum atomic E-state index is -0.207.